The Kier molecular flexibility index (Phi) is 2.96. The summed E-state index contributed by atoms with van der Waals surface area (Å²) in [5.41, 5.74) is -2.19. The minimum absolute atomic E-state index is 0.342. The normalized spacial score (nSPS) is 21.8. The standard InChI is InChI=1S/C10H15F2NO3/c1-8(2,3)16-7(15)13-9(6-14)4-10(11,12)5-9/h6H,4-5H2,1-3H3,(H,13,15). The summed E-state index contributed by atoms with van der Waals surface area (Å²) in [6.07, 6.45) is -1.84. The lowest BCUT2D eigenvalue weighted by Gasteiger charge is -2.43. The second-order valence-corrected chi connectivity index (χ2v) is 5.11. The van der Waals surface area contributed by atoms with Crippen LogP contribution in [0.2, 0.25) is 0 Å². The molecule has 0 bridgehead atoms. The van der Waals surface area contributed by atoms with E-state index in [1.54, 1.807) is 20.8 Å². The Bertz CT molecular complexity index is 302. The van der Waals surface area contributed by atoms with Crippen LogP contribution in [0.15, 0.2) is 0 Å². The van der Waals surface area contributed by atoms with Crippen molar-refractivity contribution in [1.82, 2.24) is 5.32 Å². The van der Waals surface area contributed by atoms with Crippen LogP contribution in [0.25, 0.3) is 0 Å². The second kappa shape index (κ2) is 3.68. The van der Waals surface area contributed by atoms with Crippen molar-refractivity contribution in [2.24, 2.45) is 0 Å². The first-order valence-corrected chi connectivity index (χ1v) is 4.93. The van der Waals surface area contributed by atoms with Gasteiger partial charge in [0.15, 0.2) is 0 Å². The Morgan fingerprint density at radius 2 is 1.88 bits per heavy atom. The second-order valence-electron chi connectivity index (χ2n) is 5.11. The van der Waals surface area contributed by atoms with Gasteiger partial charge in [0, 0.05) is 12.8 Å². The van der Waals surface area contributed by atoms with Gasteiger partial charge in [-0.25, -0.2) is 13.6 Å². The monoisotopic (exact) mass is 235 g/mol. The molecule has 6 heteroatoms. The van der Waals surface area contributed by atoms with E-state index >= 15 is 0 Å². The molecule has 1 rings (SSSR count). The van der Waals surface area contributed by atoms with Gasteiger partial charge in [-0.1, -0.05) is 0 Å². The molecule has 1 fully saturated rings. The number of carbonyl (C=O) groups excluding carboxylic acids is 2. The minimum atomic E-state index is -2.88. The Morgan fingerprint density at radius 3 is 2.19 bits per heavy atom. The predicted octanol–water partition coefficient (Wildman–Crippen LogP) is 1.88. The van der Waals surface area contributed by atoms with Crippen LogP contribution in [0.5, 0.6) is 0 Å². The number of alkyl halides is 2. The Balaban J connectivity index is 2.54. The molecule has 0 radical (unpaired) electrons. The Morgan fingerprint density at radius 1 is 1.38 bits per heavy atom. The number of rotatable bonds is 2. The quantitative estimate of drug-likeness (QED) is 0.743. The van der Waals surface area contributed by atoms with E-state index in [1.165, 1.54) is 0 Å². The summed E-state index contributed by atoms with van der Waals surface area (Å²) in [6.45, 7) is 4.95. The fourth-order valence-corrected chi connectivity index (χ4v) is 1.58. The van der Waals surface area contributed by atoms with Crippen molar-refractivity contribution in [3.8, 4) is 0 Å². The fourth-order valence-electron chi connectivity index (χ4n) is 1.58. The molecule has 1 amide bonds. The van der Waals surface area contributed by atoms with Crippen molar-refractivity contribution in [3.63, 3.8) is 0 Å². The van der Waals surface area contributed by atoms with Crippen molar-refractivity contribution < 1.29 is 23.1 Å². The summed E-state index contributed by atoms with van der Waals surface area (Å²) in [5.74, 6) is -2.88. The molecule has 1 N–H and O–H groups in total. The largest absolute Gasteiger partial charge is 0.444 e. The van der Waals surface area contributed by atoms with Gasteiger partial charge in [0.1, 0.15) is 17.4 Å². The zero-order chi connectivity index (χ0) is 12.6. The lowest BCUT2D eigenvalue weighted by Crippen LogP contribution is -2.63. The number of hydrogen-bond donors (Lipinski definition) is 1. The molecule has 1 saturated carbocycles. The average molecular weight is 235 g/mol. The van der Waals surface area contributed by atoms with Crippen molar-refractivity contribution in [2.75, 3.05) is 0 Å². The summed E-state index contributed by atoms with van der Waals surface area (Å²) in [7, 11) is 0. The van der Waals surface area contributed by atoms with Gasteiger partial charge < -0.3 is 14.8 Å². The fraction of sp³-hybridized carbons (Fsp3) is 0.800. The molecule has 0 aromatic rings. The van der Waals surface area contributed by atoms with E-state index in [1.807, 2.05) is 0 Å². The van der Waals surface area contributed by atoms with Gasteiger partial charge in [0.2, 0.25) is 0 Å². The van der Waals surface area contributed by atoms with Gasteiger partial charge in [0.25, 0.3) is 5.92 Å². The van der Waals surface area contributed by atoms with E-state index < -0.39 is 36.0 Å². The zero-order valence-corrected chi connectivity index (χ0v) is 9.47. The van der Waals surface area contributed by atoms with Crippen LogP contribution in [-0.2, 0) is 9.53 Å². The number of halogens is 2. The maximum absolute atomic E-state index is 12.7. The number of carbonyl (C=O) groups is 2. The van der Waals surface area contributed by atoms with Crippen LogP contribution in [-0.4, -0.2) is 29.4 Å². The number of hydrogen-bond acceptors (Lipinski definition) is 3. The topological polar surface area (TPSA) is 55.4 Å². The van der Waals surface area contributed by atoms with Crippen molar-refractivity contribution in [2.45, 2.75) is 50.7 Å². The Labute approximate surface area is 92.3 Å². The SMILES string of the molecule is CC(C)(C)OC(=O)NC1(C=O)CC(F)(F)C1. The summed E-state index contributed by atoms with van der Waals surface area (Å²) < 4.78 is 30.2. The average Bonchev–Trinajstić information content (AvgIpc) is 1.96. The highest BCUT2D eigenvalue weighted by atomic mass is 19.3. The maximum atomic E-state index is 12.7. The van der Waals surface area contributed by atoms with Gasteiger partial charge in [-0.15, -0.1) is 0 Å². The van der Waals surface area contributed by atoms with E-state index in [0.29, 0.717) is 6.29 Å². The number of amides is 1. The zero-order valence-electron chi connectivity index (χ0n) is 9.47. The van der Waals surface area contributed by atoms with Crippen molar-refractivity contribution >= 4 is 12.4 Å². The molecule has 16 heavy (non-hydrogen) atoms. The molecular weight excluding hydrogens is 220 g/mol. The van der Waals surface area contributed by atoms with Gasteiger partial charge >= 0.3 is 6.09 Å². The predicted molar refractivity (Wildman–Crippen MR) is 52.3 cm³/mol. The van der Waals surface area contributed by atoms with E-state index in [4.69, 9.17) is 4.74 Å². The third-order valence-corrected chi connectivity index (χ3v) is 2.12. The highest BCUT2D eigenvalue weighted by Gasteiger charge is 2.58. The molecule has 92 valence electrons. The third kappa shape index (κ3) is 3.15. The first-order chi connectivity index (χ1) is 7.08. The molecule has 0 saturated heterocycles. The van der Waals surface area contributed by atoms with Gasteiger partial charge in [-0.2, -0.15) is 0 Å². The molecule has 0 aromatic carbocycles. The lowest BCUT2D eigenvalue weighted by molar-refractivity contribution is -0.149. The molecular formula is C10H15F2NO3. The summed E-state index contributed by atoms with van der Waals surface area (Å²) in [5, 5.41) is 2.18. The molecule has 4 nitrogen and oxygen atoms in total. The van der Waals surface area contributed by atoms with Gasteiger partial charge in [0.05, 0.1) is 0 Å². The minimum Gasteiger partial charge on any atom is -0.444 e. The molecule has 1 aliphatic carbocycles. The number of alkyl carbamates (subject to hydrolysis) is 1. The van der Waals surface area contributed by atoms with Crippen LogP contribution >= 0.6 is 0 Å². The first kappa shape index (κ1) is 12.9. The van der Waals surface area contributed by atoms with E-state index in [-0.39, 0.29) is 0 Å². The van der Waals surface area contributed by atoms with Crippen LogP contribution in [0.3, 0.4) is 0 Å². The Hall–Kier alpha value is -1.20. The third-order valence-electron chi connectivity index (χ3n) is 2.12. The van der Waals surface area contributed by atoms with Gasteiger partial charge in [-0.05, 0) is 20.8 Å². The van der Waals surface area contributed by atoms with E-state index in [9.17, 15) is 18.4 Å². The molecule has 0 spiro atoms. The van der Waals surface area contributed by atoms with Crippen LogP contribution in [0.1, 0.15) is 33.6 Å². The number of aldehydes is 1. The smallest absolute Gasteiger partial charge is 0.408 e. The molecule has 0 aliphatic heterocycles. The summed E-state index contributed by atoms with van der Waals surface area (Å²) >= 11 is 0. The van der Waals surface area contributed by atoms with E-state index in [0.717, 1.165) is 0 Å². The molecule has 0 atom stereocenters. The number of nitrogens with one attached hydrogen (secondary N) is 1. The van der Waals surface area contributed by atoms with Crippen LogP contribution in [0, 0.1) is 0 Å². The lowest BCUT2D eigenvalue weighted by atomic mass is 9.74. The highest BCUT2D eigenvalue weighted by molar-refractivity contribution is 5.78. The van der Waals surface area contributed by atoms with Crippen molar-refractivity contribution in [1.29, 1.82) is 0 Å². The molecule has 0 heterocycles. The summed E-state index contributed by atoms with van der Waals surface area (Å²) in [4.78, 5) is 22.0. The van der Waals surface area contributed by atoms with Gasteiger partial charge in [-0.3, -0.25) is 0 Å². The van der Waals surface area contributed by atoms with Crippen molar-refractivity contribution in [3.05, 3.63) is 0 Å². The molecule has 0 unspecified atom stereocenters. The molecule has 1 aliphatic rings. The van der Waals surface area contributed by atoms with E-state index in [2.05, 4.69) is 5.32 Å². The molecule has 0 aromatic heterocycles. The highest BCUT2D eigenvalue weighted by Crippen LogP contribution is 2.44. The number of ether oxygens (including phenoxy) is 1. The summed E-state index contributed by atoms with van der Waals surface area (Å²) in [6, 6.07) is 0. The first-order valence-electron chi connectivity index (χ1n) is 4.93. The van der Waals surface area contributed by atoms with Crippen LogP contribution in [0.4, 0.5) is 13.6 Å². The maximum Gasteiger partial charge on any atom is 0.408 e. The van der Waals surface area contributed by atoms with Crippen LogP contribution < -0.4 is 5.32 Å².